The number of para-hydroxylation sites is 1. The molecule has 0 unspecified atom stereocenters. The first-order chi connectivity index (χ1) is 16.3. The molecule has 34 heavy (non-hydrogen) atoms. The van der Waals surface area contributed by atoms with Crippen molar-refractivity contribution in [1.82, 2.24) is 20.7 Å². The van der Waals surface area contributed by atoms with Crippen molar-refractivity contribution < 1.29 is 14.3 Å². The van der Waals surface area contributed by atoms with Gasteiger partial charge in [-0.25, -0.2) is 10.2 Å². The minimum absolute atomic E-state index is 0.270. The molecule has 0 saturated heterocycles. The van der Waals surface area contributed by atoms with Gasteiger partial charge in [-0.3, -0.25) is 9.78 Å². The van der Waals surface area contributed by atoms with Crippen molar-refractivity contribution in [3.63, 3.8) is 0 Å². The maximum absolute atomic E-state index is 13.0. The third-order valence-electron chi connectivity index (χ3n) is 5.12. The summed E-state index contributed by atoms with van der Waals surface area (Å²) in [7, 11) is 0. The van der Waals surface area contributed by atoms with Gasteiger partial charge in [0.05, 0.1) is 11.7 Å². The molecule has 2 aromatic carbocycles. The number of benzene rings is 2. The number of hydrazone groups is 1. The summed E-state index contributed by atoms with van der Waals surface area (Å²) >= 11 is 0. The van der Waals surface area contributed by atoms with E-state index in [0.29, 0.717) is 0 Å². The molecule has 8 heteroatoms. The van der Waals surface area contributed by atoms with Gasteiger partial charge >= 0.3 is 6.09 Å². The Balaban J connectivity index is 1.49. The zero-order valence-corrected chi connectivity index (χ0v) is 19.3. The summed E-state index contributed by atoms with van der Waals surface area (Å²) < 4.78 is 5.36. The van der Waals surface area contributed by atoms with E-state index in [1.54, 1.807) is 33.2 Å². The fourth-order valence-electron chi connectivity index (χ4n) is 3.60. The molecule has 1 atom stereocenters. The smallest absolute Gasteiger partial charge is 0.408 e. The van der Waals surface area contributed by atoms with Crippen molar-refractivity contribution in [2.75, 3.05) is 0 Å². The monoisotopic (exact) mass is 457 g/mol. The number of aromatic nitrogens is 2. The molecule has 2 heterocycles. The van der Waals surface area contributed by atoms with Gasteiger partial charge in [0, 0.05) is 35.1 Å². The Morgan fingerprint density at radius 3 is 2.79 bits per heavy atom. The van der Waals surface area contributed by atoms with Crippen molar-refractivity contribution in [2.45, 2.75) is 38.8 Å². The zero-order chi connectivity index (χ0) is 24.1. The van der Waals surface area contributed by atoms with Gasteiger partial charge < -0.3 is 15.0 Å². The Bertz CT molecular complexity index is 1350. The number of ether oxygens (including phenoxy) is 1. The van der Waals surface area contributed by atoms with Gasteiger partial charge in [-0.05, 0) is 56.2 Å². The maximum Gasteiger partial charge on any atom is 0.408 e. The first-order valence-electron chi connectivity index (χ1n) is 11.0. The van der Waals surface area contributed by atoms with Gasteiger partial charge in [-0.15, -0.1) is 0 Å². The molecule has 0 spiro atoms. The summed E-state index contributed by atoms with van der Waals surface area (Å²) in [5.74, 6) is -0.449. The van der Waals surface area contributed by atoms with Crippen LogP contribution in [0.15, 0.2) is 72.1 Å². The summed E-state index contributed by atoms with van der Waals surface area (Å²) in [6.07, 6.45) is 4.74. The van der Waals surface area contributed by atoms with Gasteiger partial charge in [-0.2, -0.15) is 5.10 Å². The molecular weight excluding hydrogens is 430 g/mol. The Morgan fingerprint density at radius 1 is 1.15 bits per heavy atom. The standard InChI is InChI=1S/C26H27N5O3/c1-26(2,3)34-25(33)30-23(14-19-16-28-22-9-5-4-8-20(19)22)24(32)31-29-15-17-10-11-21-18(13-17)7-6-12-27-21/h4-13,15-16,23,28H,14H2,1-3H3,(H,30,33)(H,31,32)/b29-15-/t23-/m1/s1. The lowest BCUT2D eigenvalue weighted by Crippen LogP contribution is -2.48. The van der Waals surface area contributed by atoms with Crippen LogP contribution in [0.2, 0.25) is 0 Å². The summed E-state index contributed by atoms with van der Waals surface area (Å²) in [6, 6.07) is 16.4. The van der Waals surface area contributed by atoms with E-state index < -0.39 is 23.6 Å². The van der Waals surface area contributed by atoms with Crippen LogP contribution < -0.4 is 10.7 Å². The van der Waals surface area contributed by atoms with E-state index in [4.69, 9.17) is 4.74 Å². The largest absolute Gasteiger partial charge is 0.444 e. The number of carbonyl (C=O) groups is 2. The van der Waals surface area contributed by atoms with Crippen LogP contribution in [0.4, 0.5) is 4.79 Å². The van der Waals surface area contributed by atoms with Gasteiger partial charge in [0.25, 0.3) is 5.91 Å². The molecular formula is C26H27N5O3. The Labute approximate surface area is 197 Å². The van der Waals surface area contributed by atoms with Crippen LogP contribution in [0, 0.1) is 0 Å². The predicted molar refractivity (Wildman–Crippen MR) is 133 cm³/mol. The molecule has 0 saturated carbocycles. The Hall–Kier alpha value is -4.20. The number of aromatic amines is 1. The minimum Gasteiger partial charge on any atom is -0.444 e. The SMILES string of the molecule is CC(C)(C)OC(=O)N[C@H](Cc1c[nH]c2ccccc12)C(=O)N/N=C\c1ccc2ncccc2c1. The van der Waals surface area contributed by atoms with E-state index in [1.807, 2.05) is 60.8 Å². The first-order valence-corrected chi connectivity index (χ1v) is 11.0. The number of alkyl carbamates (subject to hydrolysis) is 1. The van der Waals surface area contributed by atoms with E-state index in [1.165, 1.54) is 0 Å². The molecule has 3 N–H and O–H groups in total. The van der Waals surface area contributed by atoms with Crippen molar-refractivity contribution in [2.24, 2.45) is 5.10 Å². The van der Waals surface area contributed by atoms with E-state index in [2.05, 4.69) is 25.8 Å². The fraction of sp³-hybridized carbons (Fsp3) is 0.231. The highest BCUT2D eigenvalue weighted by Gasteiger charge is 2.25. The number of hydrogen-bond donors (Lipinski definition) is 3. The van der Waals surface area contributed by atoms with E-state index in [-0.39, 0.29) is 6.42 Å². The van der Waals surface area contributed by atoms with Crippen molar-refractivity contribution in [3.05, 3.63) is 78.1 Å². The number of pyridine rings is 1. The van der Waals surface area contributed by atoms with Crippen molar-refractivity contribution >= 4 is 40.0 Å². The number of hydrogen-bond acceptors (Lipinski definition) is 5. The molecule has 4 rings (SSSR count). The molecule has 174 valence electrons. The van der Waals surface area contributed by atoms with Crippen LogP contribution in [0.25, 0.3) is 21.8 Å². The topological polar surface area (TPSA) is 108 Å². The second kappa shape index (κ2) is 9.74. The molecule has 8 nitrogen and oxygen atoms in total. The van der Waals surface area contributed by atoms with E-state index in [0.717, 1.165) is 32.9 Å². The van der Waals surface area contributed by atoms with Gasteiger partial charge in [0.15, 0.2) is 0 Å². The normalized spacial score (nSPS) is 12.7. The predicted octanol–water partition coefficient (Wildman–Crippen LogP) is 4.30. The van der Waals surface area contributed by atoms with Gasteiger partial charge in [-0.1, -0.05) is 30.3 Å². The highest BCUT2D eigenvalue weighted by Crippen LogP contribution is 2.19. The van der Waals surface area contributed by atoms with Crippen LogP contribution in [0.1, 0.15) is 31.9 Å². The van der Waals surface area contributed by atoms with Crippen molar-refractivity contribution in [3.8, 4) is 0 Å². The average molecular weight is 458 g/mol. The molecule has 0 bridgehead atoms. The highest BCUT2D eigenvalue weighted by molar-refractivity contribution is 5.91. The molecule has 2 aromatic heterocycles. The summed E-state index contributed by atoms with van der Waals surface area (Å²) in [4.78, 5) is 32.9. The highest BCUT2D eigenvalue weighted by atomic mass is 16.6. The van der Waals surface area contributed by atoms with Gasteiger partial charge in [0.2, 0.25) is 0 Å². The van der Waals surface area contributed by atoms with Crippen LogP contribution in [0.5, 0.6) is 0 Å². The van der Waals surface area contributed by atoms with Crippen LogP contribution in [-0.2, 0) is 16.0 Å². The molecule has 0 aliphatic heterocycles. The molecule has 0 aliphatic rings. The van der Waals surface area contributed by atoms with Gasteiger partial charge in [0.1, 0.15) is 11.6 Å². The average Bonchev–Trinajstić information content (AvgIpc) is 3.20. The first kappa shape index (κ1) is 23.0. The molecule has 0 fully saturated rings. The molecule has 2 amide bonds. The minimum atomic E-state index is -0.882. The lowest BCUT2D eigenvalue weighted by molar-refractivity contribution is -0.123. The Morgan fingerprint density at radius 2 is 1.97 bits per heavy atom. The second-order valence-corrected chi connectivity index (χ2v) is 8.95. The summed E-state index contributed by atoms with van der Waals surface area (Å²) in [5, 5.41) is 8.74. The zero-order valence-electron chi connectivity index (χ0n) is 19.3. The lowest BCUT2D eigenvalue weighted by Gasteiger charge is -2.22. The Kier molecular flexibility index (Phi) is 6.58. The quantitative estimate of drug-likeness (QED) is 0.296. The van der Waals surface area contributed by atoms with Crippen LogP contribution in [0.3, 0.4) is 0 Å². The number of H-pyrrole nitrogens is 1. The third kappa shape index (κ3) is 5.78. The number of fused-ring (bicyclic) bond motifs is 2. The number of carbonyl (C=O) groups excluding carboxylic acids is 2. The van der Waals surface area contributed by atoms with Crippen LogP contribution in [-0.4, -0.2) is 39.8 Å². The van der Waals surface area contributed by atoms with E-state index in [9.17, 15) is 9.59 Å². The lowest BCUT2D eigenvalue weighted by atomic mass is 10.0. The number of nitrogens with one attached hydrogen (secondary N) is 3. The molecule has 4 aromatic rings. The summed E-state index contributed by atoms with van der Waals surface area (Å²) in [6.45, 7) is 5.31. The number of amides is 2. The third-order valence-corrected chi connectivity index (χ3v) is 5.12. The second-order valence-electron chi connectivity index (χ2n) is 8.95. The summed E-state index contributed by atoms with van der Waals surface area (Å²) in [5.41, 5.74) is 5.41. The van der Waals surface area contributed by atoms with Crippen molar-refractivity contribution in [1.29, 1.82) is 0 Å². The number of rotatable bonds is 6. The number of nitrogens with zero attached hydrogens (tertiary/aromatic N) is 2. The fourth-order valence-corrected chi connectivity index (χ4v) is 3.60. The molecule has 0 radical (unpaired) electrons. The van der Waals surface area contributed by atoms with Crippen LogP contribution >= 0.6 is 0 Å². The van der Waals surface area contributed by atoms with E-state index >= 15 is 0 Å². The maximum atomic E-state index is 13.0. The molecule has 0 aliphatic carbocycles.